The van der Waals surface area contributed by atoms with E-state index >= 15 is 0 Å². The first kappa shape index (κ1) is 14.4. The first-order valence-electron chi connectivity index (χ1n) is 5.36. The van der Waals surface area contributed by atoms with Gasteiger partial charge in [-0.2, -0.15) is 0 Å². The second kappa shape index (κ2) is 8.69. The Morgan fingerprint density at radius 3 is 2.25 bits per heavy atom. The quantitative estimate of drug-likeness (QED) is 0.672. The lowest BCUT2D eigenvalue weighted by atomic mass is 10.00. The van der Waals surface area contributed by atoms with E-state index in [1.54, 1.807) is 6.08 Å². The molecule has 0 saturated carbocycles. The van der Waals surface area contributed by atoms with E-state index in [9.17, 15) is 0 Å². The second-order valence-electron chi connectivity index (χ2n) is 3.33. The lowest BCUT2D eigenvalue weighted by Gasteiger charge is -2.12. The summed E-state index contributed by atoms with van der Waals surface area (Å²) in [7, 11) is 0. The van der Waals surface area contributed by atoms with Crippen LogP contribution in [-0.2, 0) is 0 Å². The van der Waals surface area contributed by atoms with Crippen LogP contribution in [0.25, 0.3) is 0 Å². The van der Waals surface area contributed by atoms with Gasteiger partial charge in [-0.05, 0) is 25.0 Å². The third-order valence-electron chi connectivity index (χ3n) is 2.09. The van der Waals surface area contributed by atoms with Gasteiger partial charge in [0.25, 0.3) is 0 Å². The Balaban J connectivity index is 4.69. The molecule has 1 atom stereocenters. The lowest BCUT2D eigenvalue weighted by Crippen LogP contribution is -2.22. The highest BCUT2D eigenvalue weighted by Gasteiger charge is 2.06. The fraction of sp³-hybridized carbons (Fsp3) is 0.200. The maximum absolute atomic E-state index is 6.05. The molecular weight excluding hydrogens is 194 g/mol. The van der Waals surface area contributed by atoms with Crippen LogP contribution in [0.1, 0.15) is 13.8 Å². The number of hydrogen-bond donors (Lipinski definition) is 1. The molecule has 1 nitrogen and oxygen atoms in total. The predicted molar refractivity (Wildman–Crippen MR) is 74.2 cm³/mol. The van der Waals surface area contributed by atoms with Crippen molar-refractivity contribution in [1.29, 1.82) is 0 Å². The van der Waals surface area contributed by atoms with Crippen molar-refractivity contribution < 1.29 is 0 Å². The average Bonchev–Trinajstić information content (AvgIpc) is 2.30. The van der Waals surface area contributed by atoms with E-state index in [2.05, 4.69) is 13.2 Å². The van der Waals surface area contributed by atoms with Crippen LogP contribution in [0, 0.1) is 0 Å². The number of rotatable bonds is 6. The summed E-state index contributed by atoms with van der Waals surface area (Å²) in [6.07, 6.45) is 15.4. The monoisotopic (exact) mass is 215 g/mol. The van der Waals surface area contributed by atoms with Gasteiger partial charge in [0.2, 0.25) is 0 Å². The standard InChI is InChI=1S/C15H21N/c1-5-8-10-11-13(4)15(16)14(7-3)12-9-6-2/h5-12,15H,3-4,16H2,1-2H3/b8-5-,9-6-,11-10-,14-12+. The molecule has 0 rings (SSSR count). The van der Waals surface area contributed by atoms with E-state index in [4.69, 9.17) is 5.73 Å². The molecule has 0 aromatic carbocycles. The molecular formula is C15H21N. The summed E-state index contributed by atoms with van der Waals surface area (Å²) in [5.41, 5.74) is 7.88. The molecule has 0 aliphatic rings. The summed E-state index contributed by atoms with van der Waals surface area (Å²) in [5, 5.41) is 0. The minimum absolute atomic E-state index is 0.199. The maximum atomic E-state index is 6.05. The Kier molecular flexibility index (Phi) is 7.82. The highest BCUT2D eigenvalue weighted by Crippen LogP contribution is 2.11. The Labute approximate surface area is 99.1 Å². The van der Waals surface area contributed by atoms with Gasteiger partial charge in [-0.1, -0.05) is 61.8 Å². The lowest BCUT2D eigenvalue weighted by molar-refractivity contribution is 0.941. The first-order chi connectivity index (χ1) is 7.67. The van der Waals surface area contributed by atoms with E-state index in [-0.39, 0.29) is 6.04 Å². The molecule has 0 amide bonds. The molecule has 0 aliphatic heterocycles. The largest absolute Gasteiger partial charge is 0.320 e. The van der Waals surface area contributed by atoms with Crippen LogP contribution in [0.2, 0.25) is 0 Å². The zero-order chi connectivity index (χ0) is 12.4. The molecule has 0 heterocycles. The van der Waals surface area contributed by atoms with Crippen molar-refractivity contribution in [3.8, 4) is 0 Å². The van der Waals surface area contributed by atoms with E-state index in [1.165, 1.54) is 0 Å². The van der Waals surface area contributed by atoms with Crippen molar-refractivity contribution in [1.82, 2.24) is 0 Å². The number of hydrogen-bond acceptors (Lipinski definition) is 1. The normalized spacial score (nSPS) is 15.1. The van der Waals surface area contributed by atoms with Gasteiger partial charge in [0.05, 0.1) is 6.04 Å². The molecule has 1 unspecified atom stereocenters. The van der Waals surface area contributed by atoms with Crippen molar-refractivity contribution in [3.63, 3.8) is 0 Å². The molecule has 0 aromatic rings. The van der Waals surface area contributed by atoms with E-state index in [0.717, 1.165) is 11.1 Å². The maximum Gasteiger partial charge on any atom is 0.0545 e. The summed E-state index contributed by atoms with van der Waals surface area (Å²) in [5.74, 6) is 0. The summed E-state index contributed by atoms with van der Waals surface area (Å²) >= 11 is 0. The summed E-state index contributed by atoms with van der Waals surface area (Å²) in [6.45, 7) is 11.6. The zero-order valence-corrected chi connectivity index (χ0v) is 10.2. The van der Waals surface area contributed by atoms with Crippen LogP contribution in [0.4, 0.5) is 0 Å². The molecule has 0 spiro atoms. The van der Waals surface area contributed by atoms with Gasteiger partial charge in [-0.3, -0.25) is 0 Å². The molecule has 0 bridgehead atoms. The molecule has 2 N–H and O–H groups in total. The van der Waals surface area contributed by atoms with E-state index in [1.807, 2.05) is 56.4 Å². The van der Waals surface area contributed by atoms with Gasteiger partial charge < -0.3 is 5.73 Å². The molecule has 86 valence electrons. The van der Waals surface area contributed by atoms with Gasteiger partial charge in [0.1, 0.15) is 0 Å². The Hall–Kier alpha value is -1.60. The van der Waals surface area contributed by atoms with Gasteiger partial charge in [-0.15, -0.1) is 0 Å². The second-order valence-corrected chi connectivity index (χ2v) is 3.33. The Morgan fingerprint density at radius 2 is 1.75 bits per heavy atom. The van der Waals surface area contributed by atoms with Crippen molar-refractivity contribution in [3.05, 3.63) is 72.9 Å². The molecule has 16 heavy (non-hydrogen) atoms. The van der Waals surface area contributed by atoms with Gasteiger partial charge in [0.15, 0.2) is 0 Å². The smallest absolute Gasteiger partial charge is 0.0545 e. The minimum Gasteiger partial charge on any atom is -0.320 e. The van der Waals surface area contributed by atoms with Crippen LogP contribution >= 0.6 is 0 Å². The zero-order valence-electron chi connectivity index (χ0n) is 10.2. The van der Waals surface area contributed by atoms with Gasteiger partial charge in [-0.25, -0.2) is 0 Å². The third kappa shape index (κ3) is 5.32. The molecule has 1 heteroatoms. The number of allylic oxidation sites excluding steroid dienone is 6. The third-order valence-corrected chi connectivity index (χ3v) is 2.09. The van der Waals surface area contributed by atoms with Crippen molar-refractivity contribution in [2.75, 3.05) is 0 Å². The fourth-order valence-corrected chi connectivity index (χ4v) is 1.11. The molecule has 0 saturated heterocycles. The number of nitrogens with two attached hydrogens (primary N) is 1. The summed E-state index contributed by atoms with van der Waals surface area (Å²) in [6, 6.07) is -0.199. The predicted octanol–water partition coefficient (Wildman–Crippen LogP) is 3.69. The fourth-order valence-electron chi connectivity index (χ4n) is 1.11. The van der Waals surface area contributed by atoms with Crippen molar-refractivity contribution in [2.24, 2.45) is 5.73 Å². The van der Waals surface area contributed by atoms with Gasteiger partial charge in [0, 0.05) is 0 Å². The van der Waals surface area contributed by atoms with E-state index in [0.29, 0.717) is 0 Å². The van der Waals surface area contributed by atoms with Crippen molar-refractivity contribution in [2.45, 2.75) is 19.9 Å². The van der Waals surface area contributed by atoms with Crippen molar-refractivity contribution >= 4 is 0 Å². The summed E-state index contributed by atoms with van der Waals surface area (Å²) < 4.78 is 0. The van der Waals surface area contributed by atoms with Crippen LogP contribution in [0.5, 0.6) is 0 Å². The van der Waals surface area contributed by atoms with Crippen LogP contribution < -0.4 is 5.73 Å². The molecule has 0 radical (unpaired) electrons. The molecule has 0 aliphatic carbocycles. The van der Waals surface area contributed by atoms with Crippen LogP contribution in [-0.4, -0.2) is 6.04 Å². The Bertz CT molecular complexity index is 340. The SMILES string of the molecule is C=C/C(=C\C=C/C)C(N)C(=C)/C=C\C=C/C. The first-order valence-corrected chi connectivity index (χ1v) is 5.36. The minimum atomic E-state index is -0.199. The molecule has 0 fully saturated rings. The Morgan fingerprint density at radius 1 is 1.12 bits per heavy atom. The average molecular weight is 215 g/mol. The van der Waals surface area contributed by atoms with E-state index < -0.39 is 0 Å². The highest BCUT2D eigenvalue weighted by atomic mass is 14.6. The highest BCUT2D eigenvalue weighted by molar-refractivity contribution is 5.38. The van der Waals surface area contributed by atoms with Gasteiger partial charge >= 0.3 is 0 Å². The van der Waals surface area contributed by atoms with Crippen LogP contribution in [0.15, 0.2) is 72.9 Å². The molecule has 0 aromatic heterocycles. The topological polar surface area (TPSA) is 26.0 Å². The summed E-state index contributed by atoms with van der Waals surface area (Å²) in [4.78, 5) is 0. The van der Waals surface area contributed by atoms with Crippen LogP contribution in [0.3, 0.4) is 0 Å².